The highest BCUT2D eigenvalue weighted by Gasteiger charge is 2.11. The number of non-ortho nitro benzene ring substituents is 1. The van der Waals surface area contributed by atoms with Gasteiger partial charge in [0.1, 0.15) is 5.75 Å². The monoisotopic (exact) mass is 251 g/mol. The van der Waals surface area contributed by atoms with Crippen LogP contribution in [0.1, 0.15) is 0 Å². The van der Waals surface area contributed by atoms with Gasteiger partial charge in [-0.2, -0.15) is 0 Å². The van der Waals surface area contributed by atoms with Gasteiger partial charge in [0.05, 0.1) is 11.0 Å². The van der Waals surface area contributed by atoms with E-state index < -0.39 is 10.6 Å². The molecule has 0 aliphatic rings. The molecule has 0 aliphatic heterocycles. The molecule has 0 fully saturated rings. The molecule has 1 atom stereocenters. The summed E-state index contributed by atoms with van der Waals surface area (Å²) < 4.78 is 4.83. The first-order valence-corrected chi connectivity index (χ1v) is 7.21. The fourth-order valence-electron chi connectivity index (χ4n) is 0.791. The third-order valence-electron chi connectivity index (χ3n) is 1.25. The Morgan fingerprint density at radius 1 is 1.64 bits per heavy atom. The maximum Gasteiger partial charge on any atom is 0.291 e. The Bertz CT molecular complexity index is 405. The van der Waals surface area contributed by atoms with Crippen LogP contribution in [0.2, 0.25) is 0 Å². The van der Waals surface area contributed by atoms with E-state index in [4.69, 9.17) is 9.42 Å². The third kappa shape index (κ3) is 3.63. The van der Waals surface area contributed by atoms with E-state index in [1.54, 1.807) is 0 Å². The van der Waals surface area contributed by atoms with E-state index in [1.807, 2.05) is 0 Å². The van der Waals surface area contributed by atoms with Crippen LogP contribution in [0, 0.1) is 10.1 Å². The molecule has 1 N–H and O–H groups in total. The average molecular weight is 251 g/mol. The van der Waals surface area contributed by atoms with E-state index in [2.05, 4.69) is 24.1 Å². The minimum Gasteiger partial charge on any atom is -0.436 e. The predicted molar refractivity (Wildman–Crippen MR) is 59.2 cm³/mol. The molecule has 0 bridgehead atoms. The molecular formula is C6H6NO4PS2. The van der Waals surface area contributed by atoms with E-state index in [0.29, 0.717) is 0 Å². The number of nitrogens with zero attached hydrogens (tertiary/aromatic N) is 1. The van der Waals surface area contributed by atoms with Crippen molar-refractivity contribution in [2.24, 2.45) is 0 Å². The number of nitro groups is 1. The third-order valence-corrected chi connectivity index (χ3v) is 2.17. The Kier molecular flexibility index (Phi) is 3.49. The van der Waals surface area contributed by atoms with Gasteiger partial charge in [-0.05, 0) is 17.9 Å². The maximum atomic E-state index is 10.4. The summed E-state index contributed by atoms with van der Waals surface area (Å²) in [7, 11) is 0. The molecule has 0 radical (unpaired) electrons. The van der Waals surface area contributed by atoms with E-state index >= 15 is 0 Å². The number of hydrogen-bond acceptors (Lipinski definition) is 4. The van der Waals surface area contributed by atoms with Crippen LogP contribution >= 0.6 is 17.9 Å². The van der Waals surface area contributed by atoms with Gasteiger partial charge in [-0.3, -0.25) is 10.1 Å². The molecule has 1 aromatic rings. The number of hydrogen-bond donors (Lipinski definition) is 2. The zero-order valence-electron chi connectivity index (χ0n) is 6.73. The molecule has 0 heterocycles. The first-order valence-electron chi connectivity index (χ1n) is 3.38. The highest BCUT2D eigenvalue weighted by Crippen LogP contribution is 2.47. The molecule has 0 spiro atoms. The molecule has 0 saturated carbocycles. The van der Waals surface area contributed by atoms with Gasteiger partial charge in [0.2, 0.25) is 0 Å². The van der Waals surface area contributed by atoms with Crippen molar-refractivity contribution < 1.29 is 14.3 Å². The SMILES string of the molecule is O=[N+]([O-])c1cccc(OP(O)(=S)S)c1. The van der Waals surface area contributed by atoms with Crippen LogP contribution < -0.4 is 4.52 Å². The Morgan fingerprint density at radius 2 is 2.29 bits per heavy atom. The van der Waals surface area contributed by atoms with Gasteiger partial charge in [-0.15, -0.1) is 0 Å². The van der Waals surface area contributed by atoms with Gasteiger partial charge in [-0.25, -0.2) is 0 Å². The number of benzene rings is 1. The molecule has 1 unspecified atom stereocenters. The van der Waals surface area contributed by atoms with Crippen LogP contribution in [0.4, 0.5) is 5.69 Å². The maximum absolute atomic E-state index is 10.4. The van der Waals surface area contributed by atoms with Crippen molar-refractivity contribution in [2.45, 2.75) is 0 Å². The van der Waals surface area contributed by atoms with Crippen molar-refractivity contribution in [1.29, 1.82) is 0 Å². The second kappa shape index (κ2) is 4.27. The van der Waals surface area contributed by atoms with Crippen molar-refractivity contribution in [3.63, 3.8) is 0 Å². The molecule has 0 amide bonds. The first kappa shape index (κ1) is 11.5. The summed E-state index contributed by atoms with van der Waals surface area (Å²) in [5.74, 6) is 0.139. The quantitative estimate of drug-likeness (QED) is 0.372. The lowest BCUT2D eigenvalue weighted by Gasteiger charge is -2.09. The fraction of sp³-hybridized carbons (Fsp3) is 0. The molecule has 14 heavy (non-hydrogen) atoms. The second-order valence-corrected chi connectivity index (χ2v) is 7.42. The molecule has 0 aliphatic carbocycles. The fourth-order valence-corrected chi connectivity index (χ4v) is 1.72. The molecule has 0 saturated heterocycles. The first-order chi connectivity index (χ1) is 6.38. The van der Waals surface area contributed by atoms with Gasteiger partial charge in [-0.1, -0.05) is 18.3 Å². The lowest BCUT2D eigenvalue weighted by atomic mass is 10.3. The predicted octanol–water partition coefficient (Wildman–Crippen LogP) is 2.12. The Labute approximate surface area is 90.2 Å². The van der Waals surface area contributed by atoms with Gasteiger partial charge in [0.25, 0.3) is 11.4 Å². The van der Waals surface area contributed by atoms with Crippen LogP contribution in [0.15, 0.2) is 24.3 Å². The van der Waals surface area contributed by atoms with E-state index in [9.17, 15) is 10.1 Å². The molecule has 76 valence electrons. The summed E-state index contributed by atoms with van der Waals surface area (Å²) in [5.41, 5.74) is -3.26. The van der Waals surface area contributed by atoms with E-state index in [1.165, 1.54) is 24.3 Å². The lowest BCUT2D eigenvalue weighted by Crippen LogP contribution is -1.89. The van der Waals surface area contributed by atoms with Crippen molar-refractivity contribution >= 4 is 35.4 Å². The molecule has 1 rings (SSSR count). The number of nitro benzene ring substituents is 1. The minimum absolute atomic E-state index is 0.126. The molecule has 1 aromatic carbocycles. The Morgan fingerprint density at radius 3 is 2.79 bits per heavy atom. The Hall–Kier alpha value is -0.620. The van der Waals surface area contributed by atoms with Crippen LogP contribution in [0.5, 0.6) is 5.75 Å². The lowest BCUT2D eigenvalue weighted by molar-refractivity contribution is -0.384. The van der Waals surface area contributed by atoms with E-state index in [-0.39, 0.29) is 11.4 Å². The van der Waals surface area contributed by atoms with Crippen LogP contribution in [-0.2, 0) is 11.8 Å². The normalized spacial score (nSPS) is 14.4. The average Bonchev–Trinajstić information content (AvgIpc) is 2.01. The summed E-state index contributed by atoms with van der Waals surface area (Å²) in [6.07, 6.45) is 0. The number of thiol groups is 1. The molecule has 8 heteroatoms. The Balaban J connectivity index is 2.95. The summed E-state index contributed by atoms with van der Waals surface area (Å²) >= 11 is 8.16. The molecule has 5 nitrogen and oxygen atoms in total. The second-order valence-electron chi connectivity index (χ2n) is 2.34. The van der Waals surface area contributed by atoms with Gasteiger partial charge >= 0.3 is 0 Å². The topological polar surface area (TPSA) is 72.6 Å². The minimum atomic E-state index is -3.13. The van der Waals surface area contributed by atoms with Crippen LogP contribution in [0.3, 0.4) is 0 Å². The zero-order chi connectivity index (χ0) is 10.8. The van der Waals surface area contributed by atoms with Crippen LogP contribution in [-0.4, -0.2) is 9.82 Å². The summed E-state index contributed by atoms with van der Waals surface area (Å²) in [4.78, 5) is 18.9. The summed E-state index contributed by atoms with van der Waals surface area (Å²) in [5, 5.41) is 10.4. The summed E-state index contributed by atoms with van der Waals surface area (Å²) in [6.45, 7) is 0. The highest BCUT2D eigenvalue weighted by molar-refractivity contribution is 8.59. The number of rotatable bonds is 3. The van der Waals surface area contributed by atoms with Crippen molar-refractivity contribution in [3.05, 3.63) is 34.4 Å². The van der Waals surface area contributed by atoms with Crippen molar-refractivity contribution in [1.82, 2.24) is 0 Å². The van der Waals surface area contributed by atoms with Crippen LogP contribution in [0.25, 0.3) is 0 Å². The highest BCUT2D eigenvalue weighted by atomic mass is 32.9. The van der Waals surface area contributed by atoms with Crippen molar-refractivity contribution in [2.75, 3.05) is 0 Å². The molecular weight excluding hydrogens is 245 g/mol. The largest absolute Gasteiger partial charge is 0.436 e. The van der Waals surface area contributed by atoms with E-state index in [0.717, 1.165) is 0 Å². The standard InChI is InChI=1S/C6H6NO4PS2/c8-7(9)5-2-1-3-6(4-5)11-12(10,13)14/h1-4H,(H2,10,13,14). The zero-order valence-corrected chi connectivity index (χ0v) is 9.34. The van der Waals surface area contributed by atoms with Crippen molar-refractivity contribution in [3.8, 4) is 5.75 Å². The summed E-state index contributed by atoms with van der Waals surface area (Å²) in [6, 6.07) is 5.38. The molecule has 0 aromatic heterocycles. The van der Waals surface area contributed by atoms with Gasteiger partial charge in [0.15, 0.2) is 0 Å². The van der Waals surface area contributed by atoms with Gasteiger partial charge < -0.3 is 9.42 Å². The smallest absolute Gasteiger partial charge is 0.291 e. The van der Waals surface area contributed by atoms with Gasteiger partial charge in [0, 0.05) is 6.07 Å².